The summed E-state index contributed by atoms with van der Waals surface area (Å²) < 4.78 is 7.93. The average Bonchev–Trinajstić information content (AvgIpc) is 3.05. The summed E-state index contributed by atoms with van der Waals surface area (Å²) in [7, 11) is 0. The third-order valence-corrected chi connectivity index (χ3v) is 5.09. The van der Waals surface area contributed by atoms with Crippen LogP contribution < -0.4 is 4.74 Å². The molecule has 1 aliphatic heterocycles. The average molecular weight is 344 g/mol. The highest BCUT2D eigenvalue weighted by atomic mass is 16.5. The molecule has 5 nitrogen and oxygen atoms in total. The van der Waals surface area contributed by atoms with E-state index in [0.29, 0.717) is 6.42 Å². The summed E-state index contributed by atoms with van der Waals surface area (Å²) in [5.41, 5.74) is 3.20. The van der Waals surface area contributed by atoms with Crippen LogP contribution in [0.25, 0.3) is 16.4 Å². The molecule has 0 N–H and O–H groups in total. The summed E-state index contributed by atoms with van der Waals surface area (Å²) in [5, 5.41) is 15.5. The van der Waals surface area contributed by atoms with Crippen molar-refractivity contribution in [2.45, 2.75) is 38.7 Å². The Morgan fingerprint density at radius 3 is 2.92 bits per heavy atom. The molecule has 0 amide bonds. The number of nitrogens with zero attached hydrogens (tertiary/aromatic N) is 4. The van der Waals surface area contributed by atoms with Crippen LogP contribution in [0.3, 0.4) is 0 Å². The second kappa shape index (κ2) is 5.53. The number of hydrogen-bond donors (Lipinski definition) is 0. The first-order valence-corrected chi connectivity index (χ1v) is 8.98. The van der Waals surface area contributed by atoms with E-state index in [2.05, 4.69) is 53.4 Å². The zero-order valence-electron chi connectivity index (χ0n) is 14.9. The number of benzene rings is 2. The summed E-state index contributed by atoms with van der Waals surface area (Å²) in [5.74, 6) is 1.85. The molecule has 0 unspecified atom stereocenters. The lowest BCUT2D eigenvalue weighted by Gasteiger charge is -2.32. The molecule has 26 heavy (non-hydrogen) atoms. The number of aromatic nitrogens is 4. The molecule has 0 aliphatic carbocycles. The van der Waals surface area contributed by atoms with E-state index >= 15 is 0 Å². The van der Waals surface area contributed by atoms with E-state index in [1.807, 2.05) is 28.9 Å². The molecule has 0 fully saturated rings. The van der Waals surface area contributed by atoms with Gasteiger partial charge in [-0.2, -0.15) is 9.61 Å². The number of hydrogen-bond acceptors (Lipinski definition) is 4. The van der Waals surface area contributed by atoms with Gasteiger partial charge in [-0.05, 0) is 43.9 Å². The van der Waals surface area contributed by atoms with Crippen molar-refractivity contribution >= 4 is 16.4 Å². The van der Waals surface area contributed by atoms with Crippen molar-refractivity contribution < 1.29 is 4.74 Å². The minimum atomic E-state index is -0.0807. The molecule has 1 aliphatic rings. The van der Waals surface area contributed by atoms with Crippen molar-refractivity contribution in [3.63, 3.8) is 0 Å². The summed E-state index contributed by atoms with van der Waals surface area (Å²) >= 11 is 0. The molecule has 0 bridgehead atoms. The lowest BCUT2D eigenvalue weighted by Crippen LogP contribution is -2.32. The maximum absolute atomic E-state index is 6.08. The maximum Gasteiger partial charge on any atom is 0.185 e. The molecule has 0 atom stereocenters. The Morgan fingerprint density at radius 1 is 1.12 bits per heavy atom. The van der Waals surface area contributed by atoms with Crippen LogP contribution in [0.1, 0.15) is 37.2 Å². The first-order valence-electron chi connectivity index (χ1n) is 8.98. The van der Waals surface area contributed by atoms with E-state index in [0.717, 1.165) is 40.8 Å². The second-order valence-electron chi connectivity index (χ2n) is 7.56. The molecule has 0 radical (unpaired) electrons. The normalized spacial score (nSPS) is 15.8. The van der Waals surface area contributed by atoms with E-state index in [9.17, 15) is 0 Å². The first-order chi connectivity index (χ1) is 12.6. The van der Waals surface area contributed by atoms with Crippen LogP contribution in [0.15, 0.2) is 48.7 Å². The summed E-state index contributed by atoms with van der Waals surface area (Å²) in [6.45, 7) is 4.28. The van der Waals surface area contributed by atoms with Crippen LogP contribution in [-0.2, 0) is 12.8 Å². The lowest BCUT2D eigenvalue weighted by molar-refractivity contribution is 0.0846. The molecule has 130 valence electrons. The third-order valence-electron chi connectivity index (χ3n) is 5.09. The van der Waals surface area contributed by atoms with Crippen LogP contribution in [-0.4, -0.2) is 25.4 Å². The third kappa shape index (κ3) is 2.51. The fourth-order valence-corrected chi connectivity index (χ4v) is 3.65. The second-order valence-corrected chi connectivity index (χ2v) is 7.56. The Kier molecular flexibility index (Phi) is 3.26. The lowest BCUT2D eigenvalue weighted by atomic mass is 9.93. The van der Waals surface area contributed by atoms with Crippen molar-refractivity contribution in [3.05, 3.63) is 65.6 Å². The highest BCUT2D eigenvalue weighted by Crippen LogP contribution is 2.33. The Labute approximate surface area is 151 Å². The van der Waals surface area contributed by atoms with Crippen molar-refractivity contribution in [2.75, 3.05) is 0 Å². The standard InChI is InChI=1S/C21H20N4O/c1-21(2)10-9-15-11-14(7-8-18(15)26-21)12-19-23-24-20-17-6-4-3-5-16(17)13-22-25(19)20/h3-8,11,13H,9-10,12H2,1-2H3. The van der Waals surface area contributed by atoms with Crippen molar-refractivity contribution in [2.24, 2.45) is 0 Å². The molecule has 2 aromatic heterocycles. The fraction of sp³-hybridized carbons (Fsp3) is 0.286. The molecule has 0 saturated carbocycles. The zero-order chi connectivity index (χ0) is 17.7. The van der Waals surface area contributed by atoms with Gasteiger partial charge in [0.15, 0.2) is 11.5 Å². The number of aryl methyl sites for hydroxylation is 1. The Bertz CT molecular complexity index is 1130. The number of ether oxygens (including phenoxy) is 1. The molecule has 2 aromatic carbocycles. The van der Waals surface area contributed by atoms with Crippen LogP contribution in [0.5, 0.6) is 5.75 Å². The quantitative estimate of drug-likeness (QED) is 0.552. The SMILES string of the molecule is CC1(C)CCc2cc(Cc3nnc4c5ccccc5cnn34)ccc2O1. The molecule has 5 rings (SSSR count). The first kappa shape index (κ1) is 15.3. The van der Waals surface area contributed by atoms with Gasteiger partial charge in [0, 0.05) is 17.2 Å². The molecule has 3 heterocycles. The predicted octanol–water partition coefficient (Wildman–Crippen LogP) is 3.97. The summed E-state index contributed by atoms with van der Waals surface area (Å²) in [6.07, 6.45) is 4.64. The minimum absolute atomic E-state index is 0.0807. The van der Waals surface area contributed by atoms with Gasteiger partial charge >= 0.3 is 0 Å². The molecule has 0 saturated heterocycles. The molecule has 0 spiro atoms. The molecule has 4 aromatic rings. The Balaban J connectivity index is 1.51. The minimum Gasteiger partial charge on any atom is -0.488 e. The van der Waals surface area contributed by atoms with Gasteiger partial charge in [0.05, 0.1) is 6.20 Å². The van der Waals surface area contributed by atoms with E-state index in [1.165, 1.54) is 11.1 Å². The van der Waals surface area contributed by atoms with E-state index in [4.69, 9.17) is 4.74 Å². The van der Waals surface area contributed by atoms with Crippen LogP contribution >= 0.6 is 0 Å². The highest BCUT2D eigenvalue weighted by Gasteiger charge is 2.26. The summed E-state index contributed by atoms with van der Waals surface area (Å²) in [4.78, 5) is 0. The highest BCUT2D eigenvalue weighted by molar-refractivity contribution is 5.92. The van der Waals surface area contributed by atoms with Gasteiger partial charge in [0.25, 0.3) is 0 Å². The number of rotatable bonds is 2. The van der Waals surface area contributed by atoms with Crippen LogP contribution in [0.4, 0.5) is 0 Å². The smallest absolute Gasteiger partial charge is 0.185 e. The van der Waals surface area contributed by atoms with Gasteiger partial charge in [-0.15, -0.1) is 10.2 Å². The largest absolute Gasteiger partial charge is 0.488 e. The van der Waals surface area contributed by atoms with Gasteiger partial charge in [-0.25, -0.2) is 0 Å². The monoisotopic (exact) mass is 344 g/mol. The number of fused-ring (bicyclic) bond motifs is 4. The zero-order valence-corrected chi connectivity index (χ0v) is 14.9. The van der Waals surface area contributed by atoms with Gasteiger partial charge < -0.3 is 4.74 Å². The topological polar surface area (TPSA) is 52.3 Å². The Hall–Kier alpha value is -2.95. The van der Waals surface area contributed by atoms with Gasteiger partial charge in [0.2, 0.25) is 0 Å². The van der Waals surface area contributed by atoms with E-state index < -0.39 is 0 Å². The summed E-state index contributed by atoms with van der Waals surface area (Å²) in [6, 6.07) is 14.5. The van der Waals surface area contributed by atoms with Crippen LogP contribution in [0.2, 0.25) is 0 Å². The predicted molar refractivity (Wildman–Crippen MR) is 101 cm³/mol. The van der Waals surface area contributed by atoms with Crippen LogP contribution in [0, 0.1) is 0 Å². The van der Waals surface area contributed by atoms with Gasteiger partial charge in [0.1, 0.15) is 11.4 Å². The van der Waals surface area contributed by atoms with E-state index in [1.54, 1.807) is 0 Å². The van der Waals surface area contributed by atoms with Crippen molar-refractivity contribution in [1.29, 1.82) is 0 Å². The van der Waals surface area contributed by atoms with Gasteiger partial charge in [-0.1, -0.05) is 36.4 Å². The molecular formula is C21H20N4O. The molecule has 5 heteroatoms. The Morgan fingerprint density at radius 2 is 2.00 bits per heavy atom. The van der Waals surface area contributed by atoms with Crippen molar-refractivity contribution in [1.82, 2.24) is 19.8 Å². The van der Waals surface area contributed by atoms with Gasteiger partial charge in [-0.3, -0.25) is 0 Å². The molecular weight excluding hydrogens is 324 g/mol. The fourth-order valence-electron chi connectivity index (χ4n) is 3.65. The van der Waals surface area contributed by atoms with Crippen molar-refractivity contribution in [3.8, 4) is 5.75 Å². The maximum atomic E-state index is 6.08. The van der Waals surface area contributed by atoms with E-state index in [-0.39, 0.29) is 5.60 Å².